The molecule has 2 heterocycles. The van der Waals surface area contributed by atoms with Crippen molar-refractivity contribution < 1.29 is 4.79 Å². The number of nitrogens with one attached hydrogen (secondary N) is 2. The number of pyridine rings is 2. The van der Waals surface area contributed by atoms with Crippen molar-refractivity contribution in [2.45, 2.75) is 19.3 Å². The smallest absolute Gasteiger partial charge is 0.253 e. The molecule has 0 radical (unpaired) electrons. The first-order chi connectivity index (χ1) is 19.6. The second kappa shape index (κ2) is 13.5. The minimum absolute atomic E-state index is 0.0644. The fraction of sp³-hybridized carbons (Fsp3) is 0.219. The Kier molecular flexibility index (Phi) is 9.32. The molecule has 8 heteroatoms. The van der Waals surface area contributed by atoms with Gasteiger partial charge in [-0.3, -0.25) is 14.8 Å². The summed E-state index contributed by atoms with van der Waals surface area (Å²) in [6.45, 7) is 2.90. The van der Waals surface area contributed by atoms with Crippen LogP contribution in [0.25, 0.3) is 21.8 Å². The largest absolute Gasteiger partial charge is 0.384 e. The topological polar surface area (TPSA) is 70.2 Å². The zero-order valence-electron chi connectivity index (χ0n) is 22.1. The van der Waals surface area contributed by atoms with Crippen molar-refractivity contribution >= 4 is 62.3 Å². The summed E-state index contributed by atoms with van der Waals surface area (Å²) in [5.74, 6) is 0.0644. The lowest BCUT2D eigenvalue weighted by atomic mass is 10.1. The molecule has 0 bridgehead atoms. The normalized spacial score (nSPS) is 11.1. The minimum atomic E-state index is 0.0644. The Balaban J connectivity index is 1.15. The first-order valence-electron chi connectivity index (χ1n) is 13.5. The molecule has 3 aromatic carbocycles. The molecule has 0 aliphatic carbocycles. The average molecular weight is 573 g/mol. The Morgan fingerprint density at radius 2 is 1.23 bits per heavy atom. The third kappa shape index (κ3) is 7.00. The molecule has 0 unspecified atom stereocenters. The van der Waals surface area contributed by atoms with E-state index in [9.17, 15) is 4.79 Å². The predicted molar refractivity (Wildman–Crippen MR) is 167 cm³/mol. The van der Waals surface area contributed by atoms with Crippen molar-refractivity contribution in [2.75, 3.05) is 36.8 Å². The van der Waals surface area contributed by atoms with Crippen LogP contribution >= 0.6 is 23.2 Å². The SMILES string of the molecule is O=C(c1ccccc1)N(CCCCNc1ccnc2cc(Cl)ccc12)CCCNc1ccnc2cc(Cl)ccc12. The van der Waals surface area contributed by atoms with Crippen LogP contribution in [-0.2, 0) is 0 Å². The van der Waals surface area contributed by atoms with Crippen molar-refractivity contribution in [3.05, 3.63) is 107 Å². The van der Waals surface area contributed by atoms with E-state index in [2.05, 4.69) is 20.6 Å². The third-order valence-electron chi connectivity index (χ3n) is 6.81. The highest BCUT2D eigenvalue weighted by Crippen LogP contribution is 2.25. The van der Waals surface area contributed by atoms with Crippen LogP contribution in [0.1, 0.15) is 29.6 Å². The van der Waals surface area contributed by atoms with Crippen LogP contribution in [0, 0.1) is 0 Å². The summed E-state index contributed by atoms with van der Waals surface area (Å²) in [6, 6.07) is 24.9. The number of hydrogen-bond donors (Lipinski definition) is 2. The predicted octanol–water partition coefficient (Wildman–Crippen LogP) is 7.93. The van der Waals surface area contributed by atoms with Gasteiger partial charge in [-0.1, -0.05) is 41.4 Å². The molecule has 2 aromatic heterocycles. The fourth-order valence-electron chi connectivity index (χ4n) is 4.77. The van der Waals surface area contributed by atoms with Gasteiger partial charge in [0.15, 0.2) is 0 Å². The molecule has 40 heavy (non-hydrogen) atoms. The summed E-state index contributed by atoms with van der Waals surface area (Å²) in [5.41, 5.74) is 4.49. The van der Waals surface area contributed by atoms with Crippen molar-refractivity contribution in [3.63, 3.8) is 0 Å². The Labute approximate surface area is 244 Å². The van der Waals surface area contributed by atoms with E-state index in [-0.39, 0.29) is 5.91 Å². The fourth-order valence-corrected chi connectivity index (χ4v) is 5.11. The zero-order valence-corrected chi connectivity index (χ0v) is 23.6. The lowest BCUT2D eigenvalue weighted by Gasteiger charge is -2.23. The van der Waals surface area contributed by atoms with E-state index in [1.807, 2.05) is 83.8 Å². The molecule has 5 rings (SSSR count). The third-order valence-corrected chi connectivity index (χ3v) is 7.28. The minimum Gasteiger partial charge on any atom is -0.384 e. The number of aromatic nitrogens is 2. The van der Waals surface area contributed by atoms with E-state index in [1.165, 1.54) is 0 Å². The Morgan fingerprint density at radius 1 is 0.675 bits per heavy atom. The van der Waals surface area contributed by atoms with Crippen molar-refractivity contribution in [2.24, 2.45) is 0 Å². The maximum Gasteiger partial charge on any atom is 0.253 e. The highest BCUT2D eigenvalue weighted by atomic mass is 35.5. The number of unbranched alkanes of at least 4 members (excludes halogenated alkanes) is 1. The van der Waals surface area contributed by atoms with Gasteiger partial charge in [-0.15, -0.1) is 0 Å². The highest BCUT2D eigenvalue weighted by Gasteiger charge is 2.15. The second-order valence-electron chi connectivity index (χ2n) is 9.61. The number of fused-ring (bicyclic) bond motifs is 2. The number of rotatable bonds is 12. The Bertz CT molecular complexity index is 1600. The summed E-state index contributed by atoms with van der Waals surface area (Å²) in [5, 5.41) is 10.4. The zero-order chi connectivity index (χ0) is 27.7. The summed E-state index contributed by atoms with van der Waals surface area (Å²) in [4.78, 5) is 24.1. The van der Waals surface area contributed by atoms with Gasteiger partial charge in [-0.25, -0.2) is 0 Å². The van der Waals surface area contributed by atoms with Gasteiger partial charge < -0.3 is 15.5 Å². The maximum absolute atomic E-state index is 13.3. The van der Waals surface area contributed by atoms with Crippen LogP contribution in [0.5, 0.6) is 0 Å². The molecule has 0 atom stereocenters. The van der Waals surface area contributed by atoms with Gasteiger partial charge in [-0.2, -0.15) is 0 Å². The van der Waals surface area contributed by atoms with Gasteiger partial charge in [0.05, 0.1) is 11.0 Å². The molecule has 204 valence electrons. The van der Waals surface area contributed by atoms with Gasteiger partial charge in [-0.05, 0) is 79.9 Å². The number of halogens is 2. The molecule has 0 spiro atoms. The molecular formula is C32H31Cl2N5O. The number of hydrogen-bond acceptors (Lipinski definition) is 5. The first-order valence-corrected chi connectivity index (χ1v) is 14.2. The molecule has 5 aromatic rings. The summed E-state index contributed by atoms with van der Waals surface area (Å²) in [7, 11) is 0. The summed E-state index contributed by atoms with van der Waals surface area (Å²) < 4.78 is 0. The van der Waals surface area contributed by atoms with E-state index in [1.54, 1.807) is 12.4 Å². The number of nitrogens with zero attached hydrogens (tertiary/aromatic N) is 3. The van der Waals surface area contributed by atoms with Crippen LogP contribution in [0.3, 0.4) is 0 Å². The van der Waals surface area contributed by atoms with Gasteiger partial charge in [0.25, 0.3) is 5.91 Å². The van der Waals surface area contributed by atoms with Crippen LogP contribution < -0.4 is 10.6 Å². The van der Waals surface area contributed by atoms with E-state index in [0.717, 1.165) is 65.5 Å². The van der Waals surface area contributed by atoms with E-state index in [4.69, 9.17) is 23.2 Å². The number of carbonyl (C=O) groups excluding carboxylic acids is 1. The lowest BCUT2D eigenvalue weighted by Crippen LogP contribution is -2.34. The molecule has 1 amide bonds. The van der Waals surface area contributed by atoms with Gasteiger partial charge in [0.1, 0.15) is 0 Å². The van der Waals surface area contributed by atoms with Crippen molar-refractivity contribution in [3.8, 4) is 0 Å². The van der Waals surface area contributed by atoms with E-state index in [0.29, 0.717) is 28.7 Å². The summed E-state index contributed by atoms with van der Waals surface area (Å²) >= 11 is 12.2. The van der Waals surface area contributed by atoms with Gasteiger partial charge in [0.2, 0.25) is 0 Å². The Hall–Kier alpha value is -3.87. The summed E-state index contributed by atoms with van der Waals surface area (Å²) in [6.07, 6.45) is 6.21. The second-order valence-corrected chi connectivity index (χ2v) is 10.5. The molecule has 0 saturated heterocycles. The molecule has 0 aliphatic heterocycles. The monoisotopic (exact) mass is 571 g/mol. The maximum atomic E-state index is 13.3. The van der Waals surface area contributed by atoms with Crippen LogP contribution in [0.4, 0.5) is 11.4 Å². The van der Waals surface area contributed by atoms with Crippen LogP contribution in [0.2, 0.25) is 10.0 Å². The lowest BCUT2D eigenvalue weighted by molar-refractivity contribution is 0.0752. The number of amides is 1. The number of anilines is 2. The number of carbonyl (C=O) groups is 1. The van der Waals surface area contributed by atoms with Crippen LogP contribution in [0.15, 0.2) is 91.3 Å². The average Bonchev–Trinajstić information content (AvgIpc) is 2.97. The van der Waals surface area contributed by atoms with Gasteiger partial charge >= 0.3 is 0 Å². The molecule has 6 nitrogen and oxygen atoms in total. The number of benzene rings is 3. The Morgan fingerprint density at radius 3 is 1.82 bits per heavy atom. The highest BCUT2D eigenvalue weighted by molar-refractivity contribution is 6.31. The standard InChI is InChI=1S/C32H31Cl2N5O/c33-24-9-11-26-28(13-17-37-30(26)21-24)35-15-4-5-19-39(32(40)23-7-2-1-3-8-23)20-6-16-36-29-14-18-38-31-22-25(34)10-12-27(29)31/h1-3,7-14,17-18,21-22H,4-6,15-16,19-20H2,(H,35,37)(H,36,38). The molecule has 0 saturated carbocycles. The molecular weight excluding hydrogens is 541 g/mol. The van der Waals surface area contributed by atoms with Crippen LogP contribution in [-0.4, -0.2) is 47.0 Å². The van der Waals surface area contributed by atoms with E-state index >= 15 is 0 Å². The quantitative estimate of drug-likeness (QED) is 0.149. The first kappa shape index (κ1) is 27.7. The van der Waals surface area contributed by atoms with E-state index < -0.39 is 0 Å². The van der Waals surface area contributed by atoms with Crippen molar-refractivity contribution in [1.29, 1.82) is 0 Å². The molecule has 0 aliphatic rings. The van der Waals surface area contributed by atoms with Gasteiger partial charge in [0, 0.05) is 76.3 Å². The molecule has 0 fully saturated rings. The van der Waals surface area contributed by atoms with Crippen molar-refractivity contribution in [1.82, 2.24) is 14.9 Å². The molecule has 2 N–H and O–H groups in total.